The van der Waals surface area contributed by atoms with Gasteiger partial charge in [0.1, 0.15) is 0 Å². The van der Waals surface area contributed by atoms with Crippen molar-refractivity contribution in [1.29, 1.82) is 0 Å². The zero-order valence-electron chi connectivity index (χ0n) is 19.7. The maximum absolute atomic E-state index is 11.6. The number of anilines is 1. The first kappa shape index (κ1) is 26.5. The smallest absolute Gasteiger partial charge is 0.324 e. The second-order valence-electron chi connectivity index (χ2n) is 7.91. The summed E-state index contributed by atoms with van der Waals surface area (Å²) in [6.07, 6.45) is 11.1. The summed E-state index contributed by atoms with van der Waals surface area (Å²) in [6, 6.07) is 5.65. The van der Waals surface area contributed by atoms with Crippen LogP contribution in [0.3, 0.4) is 0 Å². The number of benzene rings is 1. The van der Waals surface area contributed by atoms with Crippen LogP contribution in [0.15, 0.2) is 52.0 Å². The number of allylic oxidation sites excluding steroid dienone is 3. The van der Waals surface area contributed by atoms with E-state index in [1.165, 1.54) is 5.70 Å². The van der Waals surface area contributed by atoms with E-state index in [9.17, 15) is 13.0 Å². The van der Waals surface area contributed by atoms with E-state index >= 15 is 0 Å². The fourth-order valence-corrected chi connectivity index (χ4v) is 5.47. The highest BCUT2D eigenvalue weighted by molar-refractivity contribution is 8.70. The van der Waals surface area contributed by atoms with Crippen LogP contribution >= 0.6 is 10.8 Å². The van der Waals surface area contributed by atoms with Crippen LogP contribution in [0.1, 0.15) is 59.8 Å². The molecule has 1 aliphatic carbocycles. The fraction of sp³-hybridized carbons (Fsp3) is 0.542. The number of rotatable bonds is 13. The van der Waals surface area contributed by atoms with Gasteiger partial charge in [0, 0.05) is 60.5 Å². The molecule has 0 amide bonds. The lowest BCUT2D eigenvalue weighted by molar-refractivity contribution is 0.353. The molecule has 0 fully saturated rings. The van der Waals surface area contributed by atoms with Crippen LogP contribution in [-0.2, 0) is 9.15 Å². The van der Waals surface area contributed by atoms with Gasteiger partial charge in [0.25, 0.3) is 0 Å². The van der Waals surface area contributed by atoms with E-state index < -0.39 is 9.15 Å². The average Bonchev–Trinajstić information content (AvgIpc) is 2.74. The molecule has 178 valence electrons. The van der Waals surface area contributed by atoms with Crippen molar-refractivity contribution in [3.63, 3.8) is 0 Å². The van der Waals surface area contributed by atoms with Gasteiger partial charge in [0.15, 0.2) is 0 Å². The molecule has 32 heavy (non-hydrogen) atoms. The third kappa shape index (κ3) is 8.30. The molecule has 1 aliphatic rings. The van der Waals surface area contributed by atoms with Crippen molar-refractivity contribution in [1.82, 2.24) is 4.90 Å². The zero-order valence-corrected chi connectivity index (χ0v) is 21.4. The molecule has 2 rings (SSSR count). The van der Waals surface area contributed by atoms with E-state index in [0.717, 1.165) is 63.3 Å². The van der Waals surface area contributed by atoms with Crippen LogP contribution < -0.4 is 4.90 Å². The average molecular weight is 480 g/mol. The van der Waals surface area contributed by atoms with E-state index in [2.05, 4.69) is 49.6 Å². The standard InChI is InChI=1S/C24H37N3O3S2/c1-5-15-26(16-6-2)21-11-9-20(10-12-21)25-23-14-13-22(27(17-7-3)18-8-4)19-24(23)31-32(28,29)30/h9,11-14,19H,5-8,10,15-18H2,1-4H3,(H,28,29,30). The Balaban J connectivity index is 2.32. The van der Waals surface area contributed by atoms with Gasteiger partial charge in [-0.25, -0.2) is 0 Å². The molecule has 0 aliphatic heterocycles. The van der Waals surface area contributed by atoms with E-state index in [1.54, 1.807) is 0 Å². The highest BCUT2D eigenvalue weighted by Gasteiger charge is 2.16. The molecule has 1 aromatic carbocycles. The van der Waals surface area contributed by atoms with Gasteiger partial charge in [-0.1, -0.05) is 33.8 Å². The topological polar surface area (TPSA) is 73.2 Å². The summed E-state index contributed by atoms with van der Waals surface area (Å²) in [5, 5.41) is 0. The molecule has 0 heterocycles. The van der Waals surface area contributed by atoms with Crippen LogP contribution in [0.5, 0.6) is 0 Å². The molecule has 0 saturated carbocycles. The molecule has 0 atom stereocenters. The SMILES string of the molecule is CCCN(CCC)C1=CCC(=Nc2ccc(N(CCC)CCC)cc2SS(=O)(=O)O)C=C1. The Morgan fingerprint density at radius 1 is 0.938 bits per heavy atom. The lowest BCUT2D eigenvalue weighted by atomic mass is 10.1. The normalized spacial score (nSPS) is 15.2. The van der Waals surface area contributed by atoms with Crippen LogP contribution in [-0.4, -0.2) is 49.8 Å². The molecule has 0 spiro atoms. The maximum atomic E-state index is 11.6. The third-order valence-electron chi connectivity index (χ3n) is 5.07. The second-order valence-corrected chi connectivity index (χ2v) is 11.1. The Hall–Kier alpha value is -1.77. The van der Waals surface area contributed by atoms with Gasteiger partial charge >= 0.3 is 9.15 Å². The van der Waals surface area contributed by atoms with Crippen molar-refractivity contribution in [2.24, 2.45) is 4.99 Å². The number of hydrogen-bond acceptors (Lipinski definition) is 6. The molecule has 8 heteroatoms. The minimum atomic E-state index is -4.25. The monoisotopic (exact) mass is 479 g/mol. The van der Waals surface area contributed by atoms with Gasteiger partial charge in [-0.15, -0.1) is 0 Å². The van der Waals surface area contributed by atoms with Crippen molar-refractivity contribution in [2.75, 3.05) is 31.1 Å². The predicted octanol–water partition coefficient (Wildman–Crippen LogP) is 6.25. The first-order valence-electron chi connectivity index (χ1n) is 11.6. The van der Waals surface area contributed by atoms with Gasteiger partial charge in [-0.3, -0.25) is 9.55 Å². The van der Waals surface area contributed by atoms with Crippen molar-refractivity contribution in [2.45, 2.75) is 64.7 Å². The maximum Gasteiger partial charge on any atom is 0.324 e. The third-order valence-corrected chi connectivity index (χ3v) is 6.96. The lowest BCUT2D eigenvalue weighted by Crippen LogP contribution is -2.25. The molecule has 0 bridgehead atoms. The summed E-state index contributed by atoms with van der Waals surface area (Å²) in [6.45, 7) is 12.4. The van der Waals surface area contributed by atoms with Crippen LogP contribution in [0.25, 0.3) is 0 Å². The van der Waals surface area contributed by atoms with Crippen LogP contribution in [0, 0.1) is 0 Å². The summed E-state index contributed by atoms with van der Waals surface area (Å²) >= 11 is 0. The zero-order chi connectivity index (χ0) is 23.6. The highest BCUT2D eigenvalue weighted by Crippen LogP contribution is 2.37. The van der Waals surface area contributed by atoms with E-state index in [-0.39, 0.29) is 0 Å². The number of aliphatic imine (C=N–C) groups is 1. The molecular formula is C24H37N3O3S2. The Bertz CT molecular complexity index is 928. The first-order valence-corrected chi connectivity index (χ1v) is 14.3. The van der Waals surface area contributed by atoms with Gasteiger partial charge < -0.3 is 9.80 Å². The van der Waals surface area contributed by atoms with Crippen LogP contribution in [0.4, 0.5) is 11.4 Å². The van der Waals surface area contributed by atoms with E-state index in [4.69, 9.17) is 4.99 Å². The number of nitrogens with zero attached hydrogens (tertiary/aromatic N) is 3. The molecule has 0 saturated heterocycles. The van der Waals surface area contributed by atoms with Gasteiger partial charge in [-0.05, 0) is 56.0 Å². The van der Waals surface area contributed by atoms with Crippen molar-refractivity contribution in [3.8, 4) is 0 Å². The second kappa shape index (κ2) is 13.1. The lowest BCUT2D eigenvalue weighted by Gasteiger charge is -2.26. The Morgan fingerprint density at radius 3 is 2.03 bits per heavy atom. The van der Waals surface area contributed by atoms with Crippen molar-refractivity contribution < 1.29 is 13.0 Å². The molecule has 0 radical (unpaired) electrons. The summed E-state index contributed by atoms with van der Waals surface area (Å²) in [7, 11) is -3.80. The van der Waals surface area contributed by atoms with Gasteiger partial charge in [0.05, 0.1) is 10.6 Å². The fourth-order valence-electron chi connectivity index (χ4n) is 3.79. The largest absolute Gasteiger partial charge is 0.372 e. The molecule has 0 unspecified atom stereocenters. The molecule has 0 aromatic heterocycles. The van der Waals surface area contributed by atoms with Gasteiger partial charge in [0.2, 0.25) is 0 Å². The van der Waals surface area contributed by atoms with Gasteiger partial charge in [-0.2, -0.15) is 8.42 Å². The van der Waals surface area contributed by atoms with E-state index in [1.807, 2.05) is 24.3 Å². The predicted molar refractivity (Wildman–Crippen MR) is 138 cm³/mol. The first-order chi connectivity index (χ1) is 15.3. The summed E-state index contributed by atoms with van der Waals surface area (Å²) < 4.78 is 32.8. The quantitative estimate of drug-likeness (QED) is 0.266. The van der Waals surface area contributed by atoms with Crippen molar-refractivity contribution >= 4 is 37.0 Å². The summed E-state index contributed by atoms with van der Waals surface area (Å²) in [5.74, 6) is 0. The Morgan fingerprint density at radius 2 is 1.53 bits per heavy atom. The highest BCUT2D eigenvalue weighted by atomic mass is 33.1. The molecule has 1 N–H and O–H groups in total. The minimum absolute atomic E-state index is 0.441. The Labute approximate surface area is 197 Å². The van der Waals surface area contributed by atoms with Crippen molar-refractivity contribution in [3.05, 3.63) is 42.1 Å². The molecule has 6 nitrogen and oxygen atoms in total. The molecular weight excluding hydrogens is 442 g/mol. The minimum Gasteiger partial charge on any atom is -0.372 e. The Kier molecular flexibility index (Phi) is 10.8. The molecule has 1 aromatic rings. The van der Waals surface area contributed by atoms with Crippen LogP contribution in [0.2, 0.25) is 0 Å². The number of hydrogen-bond donors (Lipinski definition) is 1. The summed E-state index contributed by atoms with van der Waals surface area (Å²) in [4.78, 5) is 9.79. The van der Waals surface area contributed by atoms with E-state index in [0.29, 0.717) is 27.8 Å². The summed E-state index contributed by atoms with van der Waals surface area (Å²) in [5.41, 5.74) is 3.58.